The Kier molecular flexibility index (Phi) is 6.97. The molecule has 1 amide bonds. The van der Waals surface area contributed by atoms with Gasteiger partial charge in [0, 0.05) is 18.2 Å². The molecule has 1 aromatic rings. The first-order valence-electron chi connectivity index (χ1n) is 7.39. The van der Waals surface area contributed by atoms with E-state index in [-0.39, 0.29) is 30.5 Å². The molecule has 0 spiro atoms. The van der Waals surface area contributed by atoms with Crippen LogP contribution in [-0.4, -0.2) is 31.7 Å². The van der Waals surface area contributed by atoms with E-state index >= 15 is 0 Å². The lowest BCUT2D eigenvalue weighted by atomic mass is 10.1. The minimum Gasteiger partial charge on any atom is -0.493 e. The largest absolute Gasteiger partial charge is 0.493 e. The number of hydrogen-bond acceptors (Lipinski definition) is 4. The standard InChI is InChI=1S/C16H24N2O3.ClH/c1-10(2)21-14-7-6-12(8-15(14)20-3)16(19)18-9-13(17)11-4-5-11;/h6-8,10-11,13H,4-5,9,17H2,1-3H3,(H,18,19);1H. The van der Waals surface area contributed by atoms with Gasteiger partial charge in [0.15, 0.2) is 11.5 Å². The van der Waals surface area contributed by atoms with Gasteiger partial charge in [-0.3, -0.25) is 4.79 Å². The van der Waals surface area contributed by atoms with Crippen molar-refractivity contribution in [2.24, 2.45) is 11.7 Å². The van der Waals surface area contributed by atoms with Crippen molar-refractivity contribution in [3.05, 3.63) is 23.8 Å². The van der Waals surface area contributed by atoms with Gasteiger partial charge in [0.25, 0.3) is 5.91 Å². The molecule has 1 aliphatic carbocycles. The lowest BCUT2D eigenvalue weighted by Gasteiger charge is -2.15. The maximum absolute atomic E-state index is 12.1. The molecule has 1 atom stereocenters. The molecular weight excluding hydrogens is 304 g/mol. The van der Waals surface area contributed by atoms with Crippen molar-refractivity contribution < 1.29 is 14.3 Å². The Morgan fingerprint density at radius 3 is 2.59 bits per heavy atom. The second-order valence-corrected chi connectivity index (χ2v) is 5.74. The third-order valence-corrected chi connectivity index (χ3v) is 3.51. The molecule has 2 rings (SSSR count). The average molecular weight is 329 g/mol. The van der Waals surface area contributed by atoms with Crippen molar-refractivity contribution in [3.63, 3.8) is 0 Å². The van der Waals surface area contributed by atoms with Crippen LogP contribution in [0.25, 0.3) is 0 Å². The van der Waals surface area contributed by atoms with Gasteiger partial charge in [0.05, 0.1) is 13.2 Å². The lowest BCUT2D eigenvalue weighted by Crippen LogP contribution is -2.38. The van der Waals surface area contributed by atoms with Gasteiger partial charge in [-0.25, -0.2) is 0 Å². The van der Waals surface area contributed by atoms with Crippen molar-refractivity contribution in [2.45, 2.75) is 38.8 Å². The summed E-state index contributed by atoms with van der Waals surface area (Å²) < 4.78 is 10.9. The highest BCUT2D eigenvalue weighted by Gasteiger charge is 2.28. The molecule has 0 saturated heterocycles. The Bertz CT molecular complexity index is 504. The van der Waals surface area contributed by atoms with Gasteiger partial charge in [-0.1, -0.05) is 0 Å². The zero-order valence-corrected chi connectivity index (χ0v) is 14.1. The maximum Gasteiger partial charge on any atom is 0.251 e. The maximum atomic E-state index is 12.1. The predicted molar refractivity (Wildman–Crippen MR) is 89.0 cm³/mol. The minimum absolute atomic E-state index is 0. The highest BCUT2D eigenvalue weighted by Crippen LogP contribution is 2.31. The van der Waals surface area contributed by atoms with Crippen molar-refractivity contribution in [3.8, 4) is 11.5 Å². The molecule has 1 unspecified atom stereocenters. The molecule has 0 aliphatic heterocycles. The van der Waals surface area contributed by atoms with E-state index in [1.807, 2.05) is 13.8 Å². The molecule has 1 aromatic carbocycles. The normalized spacial score (nSPS) is 15.0. The summed E-state index contributed by atoms with van der Waals surface area (Å²) in [6.45, 7) is 4.40. The average Bonchev–Trinajstić information content (AvgIpc) is 3.28. The first-order chi connectivity index (χ1) is 10.0. The molecule has 3 N–H and O–H groups in total. The van der Waals surface area contributed by atoms with Gasteiger partial charge in [-0.15, -0.1) is 12.4 Å². The Labute approximate surface area is 138 Å². The smallest absolute Gasteiger partial charge is 0.251 e. The first kappa shape index (κ1) is 18.6. The van der Waals surface area contributed by atoms with Crippen LogP contribution in [0.15, 0.2) is 18.2 Å². The number of carbonyl (C=O) groups is 1. The highest BCUT2D eigenvalue weighted by molar-refractivity contribution is 5.94. The molecule has 6 heteroatoms. The number of halogens is 1. The van der Waals surface area contributed by atoms with Gasteiger partial charge in [0.1, 0.15) is 0 Å². The number of ether oxygens (including phenoxy) is 2. The molecule has 5 nitrogen and oxygen atoms in total. The van der Waals surface area contributed by atoms with Gasteiger partial charge in [-0.2, -0.15) is 0 Å². The Morgan fingerprint density at radius 2 is 2.05 bits per heavy atom. The van der Waals surface area contributed by atoms with Crippen LogP contribution in [0.1, 0.15) is 37.0 Å². The second-order valence-electron chi connectivity index (χ2n) is 5.74. The van der Waals surface area contributed by atoms with E-state index in [0.717, 1.165) is 0 Å². The number of amides is 1. The number of methoxy groups -OCH3 is 1. The summed E-state index contributed by atoms with van der Waals surface area (Å²) in [4.78, 5) is 12.1. The van der Waals surface area contributed by atoms with Crippen LogP contribution in [0.4, 0.5) is 0 Å². The minimum atomic E-state index is -0.138. The molecule has 0 aromatic heterocycles. The molecular formula is C16H25ClN2O3. The SMILES string of the molecule is COc1cc(C(=O)NCC(N)C2CC2)ccc1OC(C)C.Cl. The Balaban J connectivity index is 0.00000242. The van der Waals surface area contributed by atoms with Crippen LogP contribution >= 0.6 is 12.4 Å². The molecule has 0 heterocycles. The number of rotatable bonds is 7. The second kappa shape index (κ2) is 8.25. The molecule has 0 bridgehead atoms. The third-order valence-electron chi connectivity index (χ3n) is 3.51. The van der Waals surface area contributed by atoms with Gasteiger partial charge < -0.3 is 20.5 Å². The monoisotopic (exact) mass is 328 g/mol. The van der Waals surface area contributed by atoms with Crippen LogP contribution < -0.4 is 20.5 Å². The topological polar surface area (TPSA) is 73.6 Å². The van der Waals surface area contributed by atoms with E-state index < -0.39 is 0 Å². The summed E-state index contributed by atoms with van der Waals surface area (Å²) >= 11 is 0. The summed E-state index contributed by atoms with van der Waals surface area (Å²) in [7, 11) is 1.56. The van der Waals surface area contributed by atoms with E-state index in [1.165, 1.54) is 12.8 Å². The molecule has 0 radical (unpaired) electrons. The number of carbonyl (C=O) groups excluding carboxylic acids is 1. The molecule has 1 aliphatic rings. The van der Waals surface area contributed by atoms with Gasteiger partial charge in [-0.05, 0) is 50.8 Å². The fraction of sp³-hybridized carbons (Fsp3) is 0.562. The summed E-state index contributed by atoms with van der Waals surface area (Å²) in [5, 5.41) is 2.87. The van der Waals surface area contributed by atoms with Gasteiger partial charge in [0.2, 0.25) is 0 Å². The van der Waals surface area contributed by atoms with Crippen molar-refractivity contribution in [1.29, 1.82) is 0 Å². The number of benzene rings is 1. The van der Waals surface area contributed by atoms with E-state index in [2.05, 4.69) is 5.32 Å². The summed E-state index contributed by atoms with van der Waals surface area (Å²) in [5.74, 6) is 1.63. The van der Waals surface area contributed by atoms with Crippen molar-refractivity contribution in [2.75, 3.05) is 13.7 Å². The van der Waals surface area contributed by atoms with Crippen LogP contribution in [0.5, 0.6) is 11.5 Å². The Morgan fingerprint density at radius 1 is 1.36 bits per heavy atom. The highest BCUT2D eigenvalue weighted by atomic mass is 35.5. The fourth-order valence-corrected chi connectivity index (χ4v) is 2.16. The van der Waals surface area contributed by atoms with Crippen molar-refractivity contribution >= 4 is 18.3 Å². The van der Waals surface area contributed by atoms with Crippen molar-refractivity contribution in [1.82, 2.24) is 5.32 Å². The lowest BCUT2D eigenvalue weighted by molar-refractivity contribution is 0.0950. The summed E-state index contributed by atoms with van der Waals surface area (Å²) in [6.07, 6.45) is 2.40. The predicted octanol–water partition coefficient (Wildman–Crippen LogP) is 2.37. The summed E-state index contributed by atoms with van der Waals surface area (Å²) in [6, 6.07) is 5.24. The number of nitrogens with two attached hydrogens (primary N) is 1. The van der Waals surface area contributed by atoms with Crippen LogP contribution in [-0.2, 0) is 0 Å². The summed E-state index contributed by atoms with van der Waals surface area (Å²) in [5.41, 5.74) is 6.53. The first-order valence-corrected chi connectivity index (χ1v) is 7.39. The van der Waals surface area contributed by atoms with E-state index in [4.69, 9.17) is 15.2 Å². The molecule has 22 heavy (non-hydrogen) atoms. The molecule has 1 fully saturated rings. The van der Waals surface area contributed by atoms with Crippen LogP contribution in [0.2, 0.25) is 0 Å². The molecule has 1 saturated carbocycles. The van der Waals surface area contributed by atoms with E-state index in [9.17, 15) is 4.79 Å². The fourth-order valence-electron chi connectivity index (χ4n) is 2.16. The number of nitrogens with one attached hydrogen (secondary N) is 1. The van der Waals surface area contributed by atoms with Crippen LogP contribution in [0, 0.1) is 5.92 Å². The van der Waals surface area contributed by atoms with E-state index in [1.54, 1.807) is 25.3 Å². The molecule has 124 valence electrons. The zero-order chi connectivity index (χ0) is 15.4. The van der Waals surface area contributed by atoms with Gasteiger partial charge >= 0.3 is 0 Å². The number of hydrogen-bond donors (Lipinski definition) is 2. The quantitative estimate of drug-likeness (QED) is 0.806. The van der Waals surface area contributed by atoms with E-state index in [0.29, 0.717) is 29.5 Å². The van der Waals surface area contributed by atoms with Crippen LogP contribution in [0.3, 0.4) is 0 Å². The Hall–Kier alpha value is -1.46. The zero-order valence-electron chi connectivity index (χ0n) is 13.3. The third kappa shape index (κ3) is 5.07.